The van der Waals surface area contributed by atoms with Crippen molar-refractivity contribution in [2.24, 2.45) is 5.92 Å². The molecule has 7 heteroatoms. The first-order chi connectivity index (χ1) is 11.0. The first kappa shape index (κ1) is 15.6. The van der Waals surface area contributed by atoms with Crippen LogP contribution in [-0.4, -0.2) is 37.3 Å². The average Bonchev–Trinajstić information content (AvgIpc) is 3.26. The van der Waals surface area contributed by atoms with Crippen LogP contribution in [-0.2, 0) is 16.0 Å². The van der Waals surface area contributed by atoms with Crippen LogP contribution in [0.5, 0.6) is 0 Å². The Morgan fingerprint density at radius 1 is 1.30 bits per heavy atom. The van der Waals surface area contributed by atoms with Gasteiger partial charge in [-0.1, -0.05) is 6.92 Å². The molecule has 2 atom stereocenters. The summed E-state index contributed by atoms with van der Waals surface area (Å²) in [6.45, 7) is 7.99. The molecule has 1 fully saturated rings. The SMILES string of the molecule is CCOC(=O)[C@H]1C[C@@H]1c1cc(-n2nc(C)nc2C)nc(CC)n1. The number of aromatic nitrogens is 5. The van der Waals surface area contributed by atoms with Gasteiger partial charge in [-0.2, -0.15) is 4.68 Å². The Labute approximate surface area is 135 Å². The van der Waals surface area contributed by atoms with Crippen LogP contribution in [0.15, 0.2) is 6.07 Å². The molecule has 0 N–H and O–H groups in total. The maximum Gasteiger partial charge on any atom is 0.309 e. The molecule has 0 unspecified atom stereocenters. The summed E-state index contributed by atoms with van der Waals surface area (Å²) in [6.07, 6.45) is 1.51. The number of esters is 1. The van der Waals surface area contributed by atoms with Crippen molar-refractivity contribution >= 4 is 5.97 Å². The molecule has 0 saturated heterocycles. The van der Waals surface area contributed by atoms with Crippen LogP contribution in [0, 0.1) is 19.8 Å². The lowest BCUT2D eigenvalue weighted by atomic mass is 10.2. The van der Waals surface area contributed by atoms with Crippen molar-refractivity contribution in [2.45, 2.75) is 46.5 Å². The molecule has 1 aliphatic rings. The highest BCUT2D eigenvalue weighted by atomic mass is 16.5. The maximum absolute atomic E-state index is 11.9. The molecule has 0 spiro atoms. The van der Waals surface area contributed by atoms with E-state index in [0.29, 0.717) is 18.2 Å². The summed E-state index contributed by atoms with van der Waals surface area (Å²) in [5.41, 5.74) is 0.887. The minimum absolute atomic E-state index is 0.0824. The second-order valence-electron chi connectivity index (χ2n) is 5.74. The molecule has 0 aromatic carbocycles. The number of rotatable bonds is 5. The summed E-state index contributed by atoms with van der Waals surface area (Å²) in [5.74, 6) is 2.85. The van der Waals surface area contributed by atoms with Gasteiger partial charge < -0.3 is 4.74 Å². The molecule has 3 rings (SSSR count). The Balaban J connectivity index is 1.92. The minimum atomic E-state index is -0.136. The highest BCUT2D eigenvalue weighted by Gasteiger charge is 2.46. The normalized spacial score (nSPS) is 19.7. The predicted molar refractivity (Wildman–Crippen MR) is 83.3 cm³/mol. The van der Waals surface area contributed by atoms with Crippen molar-refractivity contribution < 1.29 is 9.53 Å². The lowest BCUT2D eigenvalue weighted by Gasteiger charge is -2.08. The van der Waals surface area contributed by atoms with Crippen molar-refractivity contribution in [1.29, 1.82) is 0 Å². The molecule has 23 heavy (non-hydrogen) atoms. The van der Waals surface area contributed by atoms with Crippen LogP contribution in [0.25, 0.3) is 5.82 Å². The number of carbonyl (C=O) groups is 1. The average molecular weight is 315 g/mol. The number of hydrogen-bond donors (Lipinski definition) is 0. The van der Waals surface area contributed by atoms with Crippen molar-refractivity contribution in [3.63, 3.8) is 0 Å². The number of ether oxygens (including phenoxy) is 1. The van der Waals surface area contributed by atoms with Crippen LogP contribution < -0.4 is 0 Å². The minimum Gasteiger partial charge on any atom is -0.466 e. The summed E-state index contributed by atoms with van der Waals surface area (Å²) in [5, 5.41) is 4.38. The largest absolute Gasteiger partial charge is 0.466 e. The van der Waals surface area contributed by atoms with Gasteiger partial charge in [-0.15, -0.1) is 5.10 Å². The van der Waals surface area contributed by atoms with Gasteiger partial charge >= 0.3 is 5.97 Å². The van der Waals surface area contributed by atoms with Crippen molar-refractivity contribution in [3.05, 3.63) is 29.2 Å². The van der Waals surface area contributed by atoms with E-state index in [0.717, 1.165) is 30.2 Å². The quantitative estimate of drug-likeness (QED) is 0.784. The first-order valence-corrected chi connectivity index (χ1v) is 7.98. The van der Waals surface area contributed by atoms with E-state index < -0.39 is 0 Å². The van der Waals surface area contributed by atoms with Crippen LogP contribution in [0.2, 0.25) is 0 Å². The molecule has 0 amide bonds. The number of hydrogen-bond acceptors (Lipinski definition) is 6. The van der Waals surface area contributed by atoms with Gasteiger partial charge in [0.05, 0.1) is 18.2 Å². The molecular formula is C16H21N5O2. The van der Waals surface area contributed by atoms with Gasteiger partial charge in [0.25, 0.3) is 0 Å². The maximum atomic E-state index is 11.9. The van der Waals surface area contributed by atoms with Crippen LogP contribution in [0.1, 0.15) is 49.4 Å². The molecule has 1 saturated carbocycles. The highest BCUT2D eigenvalue weighted by Crippen LogP contribution is 2.47. The Morgan fingerprint density at radius 2 is 2.09 bits per heavy atom. The van der Waals surface area contributed by atoms with Gasteiger partial charge in [-0.25, -0.2) is 15.0 Å². The fraction of sp³-hybridized carbons (Fsp3) is 0.562. The number of nitrogens with zero attached hydrogens (tertiary/aromatic N) is 5. The third-order valence-corrected chi connectivity index (χ3v) is 3.95. The van der Waals surface area contributed by atoms with Gasteiger partial charge in [0.15, 0.2) is 5.82 Å². The summed E-state index contributed by atoms with van der Waals surface area (Å²) in [4.78, 5) is 25.3. The summed E-state index contributed by atoms with van der Waals surface area (Å²) < 4.78 is 6.83. The Bertz CT molecular complexity index is 740. The van der Waals surface area contributed by atoms with E-state index in [9.17, 15) is 4.79 Å². The molecule has 7 nitrogen and oxygen atoms in total. The second-order valence-corrected chi connectivity index (χ2v) is 5.74. The van der Waals surface area contributed by atoms with Crippen molar-refractivity contribution in [1.82, 2.24) is 24.7 Å². The third-order valence-electron chi connectivity index (χ3n) is 3.95. The van der Waals surface area contributed by atoms with Gasteiger partial charge in [-0.05, 0) is 27.2 Å². The standard InChI is InChI=1S/C16H21N5O2/c1-5-14-18-13(11-7-12(11)16(22)23-6-2)8-15(19-14)21-10(4)17-9(3)20-21/h8,11-12H,5-7H2,1-4H3/t11-,12-/m0/s1. The van der Waals surface area contributed by atoms with Gasteiger partial charge in [0.2, 0.25) is 0 Å². The summed E-state index contributed by atoms with van der Waals surface area (Å²) >= 11 is 0. The lowest BCUT2D eigenvalue weighted by Crippen LogP contribution is -2.10. The second kappa shape index (κ2) is 6.06. The van der Waals surface area contributed by atoms with Crippen LogP contribution in [0.4, 0.5) is 0 Å². The molecule has 2 aromatic rings. The van der Waals surface area contributed by atoms with E-state index >= 15 is 0 Å². The van der Waals surface area contributed by atoms with Crippen molar-refractivity contribution in [3.8, 4) is 5.82 Å². The molecule has 0 radical (unpaired) electrons. The van der Waals surface area contributed by atoms with E-state index in [1.165, 1.54) is 0 Å². The van der Waals surface area contributed by atoms with E-state index in [1.54, 1.807) is 4.68 Å². The van der Waals surface area contributed by atoms with Gasteiger partial charge in [0, 0.05) is 18.4 Å². The molecular weight excluding hydrogens is 294 g/mol. The monoisotopic (exact) mass is 315 g/mol. The topological polar surface area (TPSA) is 82.8 Å². The molecule has 122 valence electrons. The first-order valence-electron chi connectivity index (χ1n) is 7.98. The number of carbonyl (C=O) groups excluding carboxylic acids is 1. The van der Waals surface area contributed by atoms with Gasteiger partial charge in [0.1, 0.15) is 17.5 Å². The Hall–Kier alpha value is -2.31. The molecule has 2 heterocycles. The third kappa shape index (κ3) is 3.09. The van der Waals surface area contributed by atoms with Gasteiger partial charge in [-0.3, -0.25) is 4.79 Å². The molecule has 0 aliphatic heterocycles. The smallest absolute Gasteiger partial charge is 0.309 e. The fourth-order valence-electron chi connectivity index (χ4n) is 2.73. The Kier molecular flexibility index (Phi) is 4.11. The summed E-state index contributed by atoms with van der Waals surface area (Å²) in [7, 11) is 0. The zero-order valence-electron chi connectivity index (χ0n) is 13.9. The summed E-state index contributed by atoms with van der Waals surface area (Å²) in [6, 6.07) is 1.91. The molecule has 1 aliphatic carbocycles. The highest BCUT2D eigenvalue weighted by molar-refractivity contribution is 5.77. The zero-order chi connectivity index (χ0) is 16.6. The van der Waals surface area contributed by atoms with Crippen LogP contribution >= 0.6 is 0 Å². The molecule has 2 aromatic heterocycles. The zero-order valence-corrected chi connectivity index (χ0v) is 13.9. The molecule has 0 bridgehead atoms. The Morgan fingerprint density at radius 3 is 2.70 bits per heavy atom. The predicted octanol–water partition coefficient (Wildman–Crippen LogP) is 1.90. The lowest BCUT2D eigenvalue weighted by molar-refractivity contribution is -0.144. The number of aryl methyl sites for hydroxylation is 3. The van der Waals surface area contributed by atoms with Crippen molar-refractivity contribution in [2.75, 3.05) is 6.61 Å². The van der Waals surface area contributed by atoms with E-state index in [2.05, 4.69) is 20.1 Å². The van der Waals surface area contributed by atoms with E-state index in [4.69, 9.17) is 4.74 Å². The van der Waals surface area contributed by atoms with E-state index in [1.807, 2.05) is 33.8 Å². The van der Waals surface area contributed by atoms with Crippen LogP contribution in [0.3, 0.4) is 0 Å². The van der Waals surface area contributed by atoms with E-state index in [-0.39, 0.29) is 17.8 Å². The fourth-order valence-corrected chi connectivity index (χ4v) is 2.73.